The summed E-state index contributed by atoms with van der Waals surface area (Å²) < 4.78 is 6.34. The molecule has 23 heavy (non-hydrogen) atoms. The molecule has 1 aliphatic heterocycles. The number of carbonyl (C=O) groups excluding carboxylic acids is 1. The zero-order chi connectivity index (χ0) is 17.1. The molecule has 0 radical (unpaired) electrons. The Morgan fingerprint density at radius 1 is 1.30 bits per heavy atom. The van der Waals surface area contributed by atoms with E-state index in [0.29, 0.717) is 0 Å². The Kier molecular flexibility index (Phi) is 6.06. The lowest BCUT2D eigenvalue weighted by atomic mass is 9.97. The van der Waals surface area contributed by atoms with E-state index in [-0.39, 0.29) is 18.5 Å². The number of halogens is 1. The van der Waals surface area contributed by atoms with E-state index in [0.717, 1.165) is 46.1 Å². The van der Waals surface area contributed by atoms with E-state index in [9.17, 15) is 4.79 Å². The standard InChI is InChI=1S/C18H27BrN2O2/c1-11(2)23-16(22)10-15-13(4)20-14(5)17(19)18(15)21-8-6-12(3)7-9-21/h11-12H,6-10H2,1-5H3. The van der Waals surface area contributed by atoms with Crippen LogP contribution in [0.15, 0.2) is 4.47 Å². The molecule has 2 heterocycles. The minimum absolute atomic E-state index is 0.0936. The molecule has 1 aliphatic rings. The number of piperidine rings is 1. The Bertz CT molecular complexity index is 579. The SMILES string of the molecule is Cc1nc(C)c(CC(=O)OC(C)C)c(N2CCC(C)CC2)c1Br. The molecule has 1 fully saturated rings. The van der Waals surface area contributed by atoms with E-state index in [1.54, 1.807) is 0 Å². The zero-order valence-electron chi connectivity index (χ0n) is 14.8. The molecule has 0 bridgehead atoms. The normalized spacial score (nSPS) is 16.0. The van der Waals surface area contributed by atoms with Gasteiger partial charge in [0, 0.05) is 24.3 Å². The number of pyridine rings is 1. The van der Waals surface area contributed by atoms with Gasteiger partial charge in [-0.2, -0.15) is 0 Å². The predicted molar refractivity (Wildman–Crippen MR) is 97.0 cm³/mol. The second-order valence-corrected chi connectivity index (χ2v) is 7.60. The minimum Gasteiger partial charge on any atom is -0.463 e. The largest absolute Gasteiger partial charge is 0.463 e. The monoisotopic (exact) mass is 382 g/mol. The Labute approximate surface area is 147 Å². The average Bonchev–Trinajstić information content (AvgIpc) is 2.45. The zero-order valence-corrected chi connectivity index (χ0v) is 16.4. The second kappa shape index (κ2) is 7.65. The highest BCUT2D eigenvalue weighted by Crippen LogP contribution is 2.36. The highest BCUT2D eigenvalue weighted by Gasteiger charge is 2.25. The van der Waals surface area contributed by atoms with Crippen LogP contribution in [0.3, 0.4) is 0 Å². The first kappa shape index (κ1) is 18.2. The molecule has 0 unspecified atom stereocenters. The highest BCUT2D eigenvalue weighted by molar-refractivity contribution is 9.10. The third-order valence-corrected chi connectivity index (χ3v) is 5.32. The van der Waals surface area contributed by atoms with E-state index in [1.165, 1.54) is 12.8 Å². The molecule has 0 saturated carbocycles. The molecule has 0 N–H and O–H groups in total. The molecule has 1 aromatic heterocycles. The summed E-state index contributed by atoms with van der Waals surface area (Å²) in [4.78, 5) is 19.2. The van der Waals surface area contributed by atoms with Crippen molar-refractivity contribution in [2.45, 2.75) is 60.0 Å². The number of hydrogen-bond acceptors (Lipinski definition) is 4. The average molecular weight is 383 g/mol. The summed E-state index contributed by atoms with van der Waals surface area (Å²) >= 11 is 3.70. The van der Waals surface area contributed by atoms with Gasteiger partial charge in [-0.1, -0.05) is 6.92 Å². The van der Waals surface area contributed by atoms with Gasteiger partial charge in [-0.05, 0) is 62.4 Å². The van der Waals surface area contributed by atoms with E-state index in [2.05, 4.69) is 32.7 Å². The van der Waals surface area contributed by atoms with Gasteiger partial charge in [0.1, 0.15) is 0 Å². The molecule has 2 rings (SSSR count). The summed E-state index contributed by atoms with van der Waals surface area (Å²) in [6, 6.07) is 0. The van der Waals surface area contributed by atoms with E-state index >= 15 is 0 Å². The second-order valence-electron chi connectivity index (χ2n) is 6.81. The lowest BCUT2D eigenvalue weighted by molar-refractivity contribution is -0.146. The number of carbonyl (C=O) groups is 1. The third-order valence-electron chi connectivity index (χ3n) is 4.37. The lowest BCUT2D eigenvalue weighted by Gasteiger charge is -2.35. The van der Waals surface area contributed by atoms with Crippen LogP contribution in [0, 0.1) is 19.8 Å². The molecular weight excluding hydrogens is 356 g/mol. The number of nitrogens with zero attached hydrogens (tertiary/aromatic N) is 2. The number of anilines is 1. The van der Waals surface area contributed by atoms with Crippen LogP contribution in [0.2, 0.25) is 0 Å². The van der Waals surface area contributed by atoms with Crippen LogP contribution >= 0.6 is 15.9 Å². The van der Waals surface area contributed by atoms with Crippen LogP contribution in [0.4, 0.5) is 5.69 Å². The van der Waals surface area contributed by atoms with Gasteiger partial charge in [0.2, 0.25) is 0 Å². The molecule has 4 nitrogen and oxygen atoms in total. The Hall–Kier alpha value is -1.10. The van der Waals surface area contributed by atoms with Gasteiger partial charge in [0.25, 0.3) is 0 Å². The van der Waals surface area contributed by atoms with Gasteiger partial charge < -0.3 is 9.64 Å². The van der Waals surface area contributed by atoms with Crippen LogP contribution in [-0.4, -0.2) is 30.1 Å². The number of esters is 1. The molecule has 0 atom stereocenters. The van der Waals surface area contributed by atoms with Crippen molar-refractivity contribution in [2.75, 3.05) is 18.0 Å². The maximum absolute atomic E-state index is 12.2. The third kappa shape index (κ3) is 4.46. The van der Waals surface area contributed by atoms with E-state index in [1.807, 2.05) is 27.7 Å². The van der Waals surface area contributed by atoms with E-state index in [4.69, 9.17) is 4.74 Å². The van der Waals surface area contributed by atoms with Crippen molar-refractivity contribution in [2.24, 2.45) is 5.92 Å². The highest BCUT2D eigenvalue weighted by atomic mass is 79.9. The molecule has 0 spiro atoms. The first-order valence-electron chi connectivity index (χ1n) is 8.39. The number of aromatic nitrogens is 1. The fourth-order valence-electron chi connectivity index (χ4n) is 3.07. The summed E-state index contributed by atoms with van der Waals surface area (Å²) in [5.74, 6) is 0.579. The Morgan fingerprint density at radius 3 is 2.48 bits per heavy atom. The van der Waals surface area contributed by atoms with Crippen molar-refractivity contribution in [1.82, 2.24) is 4.98 Å². The summed E-state index contributed by atoms with van der Waals surface area (Å²) in [6.07, 6.45) is 2.55. The first-order chi connectivity index (χ1) is 10.8. The van der Waals surface area contributed by atoms with Crippen LogP contribution in [0.25, 0.3) is 0 Å². The van der Waals surface area contributed by atoms with Crippen molar-refractivity contribution in [3.8, 4) is 0 Å². The van der Waals surface area contributed by atoms with Gasteiger partial charge in [0.15, 0.2) is 0 Å². The number of rotatable bonds is 4. The Morgan fingerprint density at radius 2 is 1.91 bits per heavy atom. The maximum Gasteiger partial charge on any atom is 0.310 e. The topological polar surface area (TPSA) is 42.4 Å². The summed E-state index contributed by atoms with van der Waals surface area (Å²) in [5, 5.41) is 0. The van der Waals surface area contributed by atoms with Gasteiger partial charge >= 0.3 is 5.97 Å². The first-order valence-corrected chi connectivity index (χ1v) is 9.18. The minimum atomic E-state index is -0.188. The van der Waals surface area contributed by atoms with Gasteiger partial charge in [-0.25, -0.2) is 0 Å². The molecule has 0 amide bonds. The quantitative estimate of drug-likeness (QED) is 0.732. The van der Waals surface area contributed by atoms with Crippen molar-refractivity contribution >= 4 is 27.6 Å². The number of ether oxygens (including phenoxy) is 1. The lowest BCUT2D eigenvalue weighted by Crippen LogP contribution is -2.34. The van der Waals surface area contributed by atoms with Crippen LogP contribution in [-0.2, 0) is 16.0 Å². The molecule has 0 aromatic carbocycles. The molecular formula is C18H27BrN2O2. The predicted octanol–water partition coefficient (Wildman–Crippen LogP) is 4.19. The smallest absolute Gasteiger partial charge is 0.310 e. The molecule has 128 valence electrons. The van der Waals surface area contributed by atoms with Gasteiger partial charge in [-0.3, -0.25) is 9.78 Å². The van der Waals surface area contributed by atoms with Crippen LogP contribution < -0.4 is 4.90 Å². The number of hydrogen-bond donors (Lipinski definition) is 0. The van der Waals surface area contributed by atoms with Gasteiger partial charge in [-0.15, -0.1) is 0 Å². The summed E-state index contributed by atoms with van der Waals surface area (Å²) in [6.45, 7) is 12.1. The van der Waals surface area contributed by atoms with E-state index < -0.39 is 0 Å². The van der Waals surface area contributed by atoms with Gasteiger partial charge in [0.05, 0.1) is 28.4 Å². The van der Waals surface area contributed by atoms with Crippen LogP contribution in [0.5, 0.6) is 0 Å². The van der Waals surface area contributed by atoms with Crippen molar-refractivity contribution < 1.29 is 9.53 Å². The van der Waals surface area contributed by atoms with Crippen molar-refractivity contribution in [1.29, 1.82) is 0 Å². The summed E-state index contributed by atoms with van der Waals surface area (Å²) in [7, 11) is 0. The molecule has 0 aliphatic carbocycles. The fraction of sp³-hybridized carbons (Fsp3) is 0.667. The Balaban J connectivity index is 2.36. The van der Waals surface area contributed by atoms with Crippen molar-refractivity contribution in [3.63, 3.8) is 0 Å². The molecule has 5 heteroatoms. The maximum atomic E-state index is 12.2. The fourth-order valence-corrected chi connectivity index (χ4v) is 3.64. The van der Waals surface area contributed by atoms with Crippen LogP contribution in [0.1, 0.15) is 50.6 Å². The molecule has 1 saturated heterocycles. The van der Waals surface area contributed by atoms with Crippen molar-refractivity contribution in [3.05, 3.63) is 21.4 Å². The number of aryl methyl sites for hydroxylation is 2. The molecule has 1 aromatic rings. The summed E-state index contributed by atoms with van der Waals surface area (Å²) in [5.41, 5.74) is 4.00.